The molecular formula is C9H12N4S. The van der Waals surface area contributed by atoms with Crippen molar-refractivity contribution in [2.45, 2.75) is 13.3 Å². The van der Waals surface area contributed by atoms with Crippen LogP contribution in [0.3, 0.4) is 0 Å². The number of thiophene rings is 1. The minimum Gasteiger partial charge on any atom is -0.368 e. The summed E-state index contributed by atoms with van der Waals surface area (Å²) in [6, 6.07) is 2.10. The standard InChI is InChI=1S/C9H12N4S/c1-3-6-4-5-14-7(6)8-11-9(10)13(2)12-8/h4-5H,3H2,1-2H3,(H2,10,11,12). The maximum absolute atomic E-state index is 5.63. The lowest BCUT2D eigenvalue weighted by molar-refractivity contribution is 0.781. The van der Waals surface area contributed by atoms with Crippen LogP contribution in [0.1, 0.15) is 12.5 Å². The molecular weight excluding hydrogens is 196 g/mol. The molecule has 4 nitrogen and oxygen atoms in total. The first-order chi connectivity index (χ1) is 6.72. The van der Waals surface area contributed by atoms with E-state index in [1.807, 2.05) is 0 Å². The fourth-order valence-electron chi connectivity index (χ4n) is 1.30. The quantitative estimate of drug-likeness (QED) is 0.817. The third-order valence-electron chi connectivity index (χ3n) is 2.13. The van der Waals surface area contributed by atoms with Crippen molar-refractivity contribution in [1.29, 1.82) is 0 Å². The van der Waals surface area contributed by atoms with Crippen LogP contribution in [0.25, 0.3) is 10.7 Å². The largest absolute Gasteiger partial charge is 0.368 e. The predicted molar refractivity (Wildman–Crippen MR) is 58.1 cm³/mol. The van der Waals surface area contributed by atoms with Crippen molar-refractivity contribution in [2.75, 3.05) is 5.73 Å². The summed E-state index contributed by atoms with van der Waals surface area (Å²) >= 11 is 1.66. The van der Waals surface area contributed by atoms with E-state index in [-0.39, 0.29) is 0 Å². The van der Waals surface area contributed by atoms with Gasteiger partial charge < -0.3 is 5.73 Å². The third-order valence-corrected chi connectivity index (χ3v) is 3.08. The Morgan fingerprint density at radius 3 is 2.93 bits per heavy atom. The lowest BCUT2D eigenvalue weighted by Crippen LogP contribution is -1.97. The average molecular weight is 208 g/mol. The first kappa shape index (κ1) is 9.21. The number of anilines is 1. The van der Waals surface area contributed by atoms with E-state index in [1.54, 1.807) is 23.1 Å². The molecule has 0 bridgehead atoms. The Bertz CT molecular complexity index is 424. The molecule has 0 atom stereocenters. The van der Waals surface area contributed by atoms with Crippen molar-refractivity contribution < 1.29 is 0 Å². The molecule has 2 N–H and O–H groups in total. The number of nitrogens with zero attached hydrogens (tertiary/aromatic N) is 3. The molecule has 0 aliphatic rings. The molecule has 0 saturated carbocycles. The van der Waals surface area contributed by atoms with Crippen molar-refractivity contribution >= 4 is 17.3 Å². The molecule has 2 rings (SSSR count). The number of aryl methyl sites for hydroxylation is 2. The zero-order valence-corrected chi connectivity index (χ0v) is 9.01. The second-order valence-electron chi connectivity index (χ2n) is 3.05. The highest BCUT2D eigenvalue weighted by Crippen LogP contribution is 2.27. The van der Waals surface area contributed by atoms with Crippen LogP contribution in [0, 0.1) is 0 Å². The molecule has 14 heavy (non-hydrogen) atoms. The Morgan fingerprint density at radius 1 is 1.57 bits per heavy atom. The fourth-order valence-corrected chi connectivity index (χ4v) is 2.23. The highest BCUT2D eigenvalue weighted by molar-refractivity contribution is 7.13. The molecule has 5 heteroatoms. The average Bonchev–Trinajstić information content (AvgIpc) is 2.73. The van der Waals surface area contributed by atoms with Crippen molar-refractivity contribution in [3.05, 3.63) is 17.0 Å². The monoisotopic (exact) mass is 208 g/mol. The Kier molecular flexibility index (Phi) is 2.25. The number of nitrogens with two attached hydrogens (primary N) is 1. The lowest BCUT2D eigenvalue weighted by atomic mass is 10.2. The van der Waals surface area contributed by atoms with Crippen LogP contribution in [-0.4, -0.2) is 14.8 Å². The van der Waals surface area contributed by atoms with Crippen LogP contribution in [0.5, 0.6) is 0 Å². The van der Waals surface area contributed by atoms with E-state index >= 15 is 0 Å². The van der Waals surface area contributed by atoms with Gasteiger partial charge in [0.25, 0.3) is 0 Å². The summed E-state index contributed by atoms with van der Waals surface area (Å²) in [5, 5.41) is 6.31. The zero-order valence-electron chi connectivity index (χ0n) is 8.19. The van der Waals surface area contributed by atoms with Gasteiger partial charge >= 0.3 is 0 Å². The predicted octanol–water partition coefficient (Wildman–Crippen LogP) is 1.69. The summed E-state index contributed by atoms with van der Waals surface area (Å²) in [6.45, 7) is 2.12. The Balaban J connectivity index is 2.49. The van der Waals surface area contributed by atoms with Gasteiger partial charge in [0.1, 0.15) is 0 Å². The number of rotatable bonds is 2. The first-order valence-electron chi connectivity index (χ1n) is 4.45. The van der Waals surface area contributed by atoms with E-state index in [1.165, 1.54) is 5.56 Å². The zero-order chi connectivity index (χ0) is 10.1. The summed E-state index contributed by atoms with van der Waals surface area (Å²) in [4.78, 5) is 5.33. The topological polar surface area (TPSA) is 56.7 Å². The molecule has 2 aromatic rings. The van der Waals surface area contributed by atoms with Crippen LogP contribution in [0.2, 0.25) is 0 Å². The van der Waals surface area contributed by atoms with E-state index in [4.69, 9.17) is 5.73 Å². The third kappa shape index (κ3) is 1.39. The summed E-state index contributed by atoms with van der Waals surface area (Å²) in [5.41, 5.74) is 6.91. The maximum Gasteiger partial charge on any atom is 0.218 e. The van der Waals surface area contributed by atoms with E-state index in [2.05, 4.69) is 28.5 Å². The summed E-state index contributed by atoms with van der Waals surface area (Å²) in [5.74, 6) is 1.19. The molecule has 74 valence electrons. The van der Waals surface area contributed by atoms with Gasteiger partial charge in [0, 0.05) is 7.05 Å². The maximum atomic E-state index is 5.63. The molecule has 0 fully saturated rings. The van der Waals surface area contributed by atoms with Crippen LogP contribution >= 0.6 is 11.3 Å². The molecule has 2 aromatic heterocycles. The van der Waals surface area contributed by atoms with Crippen molar-refractivity contribution in [3.8, 4) is 10.7 Å². The van der Waals surface area contributed by atoms with Gasteiger partial charge in [-0.3, -0.25) is 0 Å². The molecule has 0 aromatic carbocycles. The minimum atomic E-state index is 0.454. The molecule has 0 unspecified atom stereocenters. The lowest BCUT2D eigenvalue weighted by Gasteiger charge is -1.93. The summed E-state index contributed by atoms with van der Waals surface area (Å²) in [6.07, 6.45) is 0.997. The van der Waals surface area contributed by atoms with Gasteiger partial charge in [0.2, 0.25) is 5.95 Å². The Labute approximate surface area is 86.4 Å². The van der Waals surface area contributed by atoms with Crippen LogP contribution in [0.4, 0.5) is 5.95 Å². The molecule has 2 heterocycles. The second-order valence-corrected chi connectivity index (χ2v) is 3.96. The van der Waals surface area contributed by atoms with Crippen LogP contribution < -0.4 is 5.73 Å². The summed E-state index contributed by atoms with van der Waals surface area (Å²) < 4.78 is 1.59. The number of hydrogen-bond donors (Lipinski definition) is 1. The van der Waals surface area contributed by atoms with Gasteiger partial charge in [-0.15, -0.1) is 16.4 Å². The highest BCUT2D eigenvalue weighted by atomic mass is 32.1. The van der Waals surface area contributed by atoms with Crippen molar-refractivity contribution in [3.63, 3.8) is 0 Å². The highest BCUT2D eigenvalue weighted by Gasteiger charge is 2.11. The van der Waals surface area contributed by atoms with Crippen LogP contribution in [-0.2, 0) is 13.5 Å². The van der Waals surface area contributed by atoms with E-state index in [0.29, 0.717) is 5.95 Å². The number of nitrogen functional groups attached to an aromatic ring is 1. The van der Waals surface area contributed by atoms with Crippen molar-refractivity contribution in [2.24, 2.45) is 7.05 Å². The van der Waals surface area contributed by atoms with E-state index in [9.17, 15) is 0 Å². The van der Waals surface area contributed by atoms with Crippen LogP contribution in [0.15, 0.2) is 11.4 Å². The molecule has 0 aliphatic heterocycles. The van der Waals surface area contributed by atoms with Gasteiger partial charge in [-0.05, 0) is 23.4 Å². The normalized spacial score (nSPS) is 10.7. The van der Waals surface area contributed by atoms with Gasteiger partial charge in [-0.25, -0.2) is 4.68 Å². The van der Waals surface area contributed by atoms with E-state index < -0.39 is 0 Å². The second kappa shape index (κ2) is 3.42. The fraction of sp³-hybridized carbons (Fsp3) is 0.333. The van der Waals surface area contributed by atoms with Crippen molar-refractivity contribution in [1.82, 2.24) is 14.8 Å². The van der Waals surface area contributed by atoms with E-state index in [0.717, 1.165) is 17.1 Å². The molecule has 0 spiro atoms. The molecule has 0 amide bonds. The first-order valence-corrected chi connectivity index (χ1v) is 5.33. The number of hydrogen-bond acceptors (Lipinski definition) is 4. The number of aromatic nitrogens is 3. The van der Waals surface area contributed by atoms with Gasteiger partial charge in [-0.2, -0.15) is 4.98 Å². The Hall–Kier alpha value is -1.36. The van der Waals surface area contributed by atoms with Gasteiger partial charge in [0.15, 0.2) is 5.82 Å². The molecule has 0 radical (unpaired) electrons. The van der Waals surface area contributed by atoms with Gasteiger partial charge in [-0.1, -0.05) is 6.92 Å². The van der Waals surface area contributed by atoms with Gasteiger partial charge in [0.05, 0.1) is 4.88 Å². The minimum absolute atomic E-state index is 0.454. The Morgan fingerprint density at radius 2 is 2.36 bits per heavy atom. The molecule has 0 aliphatic carbocycles. The SMILES string of the molecule is CCc1ccsc1-c1nc(N)n(C)n1. The smallest absolute Gasteiger partial charge is 0.218 e. The summed E-state index contributed by atoms with van der Waals surface area (Å²) in [7, 11) is 1.80. The molecule has 0 saturated heterocycles.